The number of hydrogen-bond acceptors (Lipinski definition) is 4. The number of thiazole rings is 1. The third-order valence-corrected chi connectivity index (χ3v) is 3.73. The number of aryl methyl sites for hydroxylation is 2. The zero-order valence-electron chi connectivity index (χ0n) is 10.5. The Hall–Kier alpha value is -1.20. The van der Waals surface area contributed by atoms with Crippen LogP contribution in [0.1, 0.15) is 28.4 Å². The number of hydrogen-bond donors (Lipinski definition) is 1. The molecule has 0 amide bonds. The van der Waals surface area contributed by atoms with Crippen LogP contribution in [-0.2, 0) is 13.5 Å². The molecule has 1 N–H and O–H groups in total. The summed E-state index contributed by atoms with van der Waals surface area (Å²) in [6.07, 6.45) is 6.90. The fourth-order valence-electron chi connectivity index (χ4n) is 1.69. The minimum absolute atomic E-state index is 0.324. The van der Waals surface area contributed by atoms with Crippen molar-refractivity contribution in [1.82, 2.24) is 20.1 Å². The van der Waals surface area contributed by atoms with Crippen LogP contribution in [0.3, 0.4) is 0 Å². The van der Waals surface area contributed by atoms with Gasteiger partial charge in [-0.25, -0.2) is 4.98 Å². The van der Waals surface area contributed by atoms with Gasteiger partial charge in [-0.1, -0.05) is 0 Å². The quantitative estimate of drug-likeness (QED) is 0.883. The summed E-state index contributed by atoms with van der Waals surface area (Å²) >= 11 is 1.76. The highest BCUT2D eigenvalue weighted by Gasteiger charge is 2.08. The second-order valence-electron chi connectivity index (χ2n) is 4.26. The molecule has 1 unspecified atom stereocenters. The molecule has 0 aliphatic carbocycles. The molecular weight excluding hydrogens is 232 g/mol. The van der Waals surface area contributed by atoms with E-state index < -0.39 is 0 Å². The Labute approximate surface area is 106 Å². The third-order valence-electron chi connectivity index (χ3n) is 2.63. The summed E-state index contributed by atoms with van der Waals surface area (Å²) in [4.78, 5) is 5.65. The summed E-state index contributed by atoms with van der Waals surface area (Å²) in [5, 5.41) is 8.80. The molecule has 0 fully saturated rings. The van der Waals surface area contributed by atoms with Gasteiger partial charge < -0.3 is 5.32 Å². The first-order chi connectivity index (χ1) is 8.15. The Balaban J connectivity index is 1.78. The summed E-state index contributed by atoms with van der Waals surface area (Å²) < 4.78 is 1.84. The number of rotatable bonds is 5. The molecule has 2 heterocycles. The lowest BCUT2D eigenvalue weighted by Gasteiger charge is -2.09. The van der Waals surface area contributed by atoms with Gasteiger partial charge in [-0.15, -0.1) is 11.3 Å². The predicted molar refractivity (Wildman–Crippen MR) is 70.2 cm³/mol. The molecule has 0 saturated carbocycles. The van der Waals surface area contributed by atoms with Crippen molar-refractivity contribution in [2.45, 2.75) is 26.3 Å². The molecule has 0 saturated heterocycles. The summed E-state index contributed by atoms with van der Waals surface area (Å²) in [6.45, 7) is 5.19. The van der Waals surface area contributed by atoms with E-state index in [2.05, 4.69) is 35.4 Å². The largest absolute Gasteiger partial charge is 0.308 e. The van der Waals surface area contributed by atoms with Gasteiger partial charge >= 0.3 is 0 Å². The molecule has 5 heteroatoms. The number of nitrogens with one attached hydrogen (secondary N) is 1. The lowest BCUT2D eigenvalue weighted by atomic mass is 10.2. The van der Waals surface area contributed by atoms with Crippen LogP contribution < -0.4 is 5.32 Å². The first kappa shape index (κ1) is 12.3. The zero-order valence-corrected chi connectivity index (χ0v) is 11.3. The van der Waals surface area contributed by atoms with Crippen LogP contribution in [0.5, 0.6) is 0 Å². The molecule has 2 aromatic rings. The average Bonchev–Trinajstić information content (AvgIpc) is 2.88. The minimum Gasteiger partial charge on any atom is -0.308 e. The van der Waals surface area contributed by atoms with Crippen LogP contribution in [0.2, 0.25) is 0 Å². The van der Waals surface area contributed by atoms with Crippen molar-refractivity contribution < 1.29 is 0 Å². The molecule has 0 radical (unpaired) electrons. The van der Waals surface area contributed by atoms with E-state index in [4.69, 9.17) is 0 Å². The SMILES string of the molecule is Cc1cnc(C(C)NCCc2cnn(C)c2)s1. The zero-order chi connectivity index (χ0) is 12.3. The molecule has 0 bridgehead atoms. The Morgan fingerprint density at radius 3 is 2.88 bits per heavy atom. The van der Waals surface area contributed by atoms with Crippen LogP contribution in [0.25, 0.3) is 0 Å². The van der Waals surface area contributed by atoms with Crippen molar-refractivity contribution in [2.24, 2.45) is 7.05 Å². The standard InChI is InChI=1S/C12H18N4S/c1-9-6-14-12(17-9)10(2)13-5-4-11-7-15-16(3)8-11/h6-8,10,13H,4-5H2,1-3H3. The minimum atomic E-state index is 0.324. The molecule has 2 aromatic heterocycles. The molecular formula is C12H18N4S. The van der Waals surface area contributed by atoms with E-state index >= 15 is 0 Å². The Morgan fingerprint density at radius 1 is 1.47 bits per heavy atom. The van der Waals surface area contributed by atoms with Crippen molar-refractivity contribution in [3.05, 3.63) is 34.0 Å². The van der Waals surface area contributed by atoms with Gasteiger partial charge in [0.1, 0.15) is 5.01 Å². The van der Waals surface area contributed by atoms with Crippen molar-refractivity contribution in [1.29, 1.82) is 0 Å². The molecule has 0 aromatic carbocycles. The van der Waals surface area contributed by atoms with E-state index in [-0.39, 0.29) is 0 Å². The Bertz CT molecular complexity index is 474. The van der Waals surface area contributed by atoms with Crippen LogP contribution >= 0.6 is 11.3 Å². The maximum Gasteiger partial charge on any atom is 0.109 e. The highest BCUT2D eigenvalue weighted by atomic mass is 32.1. The van der Waals surface area contributed by atoms with Crippen LogP contribution in [-0.4, -0.2) is 21.3 Å². The van der Waals surface area contributed by atoms with Gasteiger partial charge in [0.2, 0.25) is 0 Å². The number of aromatic nitrogens is 3. The summed E-state index contributed by atoms with van der Waals surface area (Å²) in [6, 6.07) is 0.324. The van der Waals surface area contributed by atoms with Crippen molar-refractivity contribution >= 4 is 11.3 Å². The second-order valence-corrected chi connectivity index (χ2v) is 5.52. The predicted octanol–water partition coefficient (Wildman–Crippen LogP) is 2.08. The number of nitrogens with zero attached hydrogens (tertiary/aromatic N) is 3. The highest BCUT2D eigenvalue weighted by molar-refractivity contribution is 7.11. The van der Waals surface area contributed by atoms with Gasteiger partial charge in [-0.3, -0.25) is 4.68 Å². The molecule has 92 valence electrons. The molecule has 0 aliphatic rings. The monoisotopic (exact) mass is 250 g/mol. The topological polar surface area (TPSA) is 42.7 Å². The smallest absolute Gasteiger partial charge is 0.109 e. The van der Waals surface area contributed by atoms with Crippen LogP contribution in [0, 0.1) is 6.92 Å². The lowest BCUT2D eigenvalue weighted by Crippen LogP contribution is -2.21. The summed E-state index contributed by atoms with van der Waals surface area (Å²) in [5.74, 6) is 0. The van der Waals surface area contributed by atoms with E-state index in [1.54, 1.807) is 11.3 Å². The second kappa shape index (κ2) is 5.42. The molecule has 0 aliphatic heterocycles. The van der Waals surface area contributed by atoms with Crippen LogP contribution in [0.4, 0.5) is 0 Å². The van der Waals surface area contributed by atoms with Gasteiger partial charge in [0, 0.05) is 24.3 Å². The first-order valence-corrected chi connectivity index (χ1v) is 6.60. The molecule has 4 nitrogen and oxygen atoms in total. The molecule has 2 rings (SSSR count). The van der Waals surface area contributed by atoms with Gasteiger partial charge in [0.05, 0.1) is 12.2 Å². The van der Waals surface area contributed by atoms with Crippen molar-refractivity contribution in [3.8, 4) is 0 Å². The fraction of sp³-hybridized carbons (Fsp3) is 0.500. The normalized spacial score (nSPS) is 12.9. The lowest BCUT2D eigenvalue weighted by molar-refractivity contribution is 0.574. The van der Waals surface area contributed by atoms with E-state index in [1.807, 2.05) is 24.1 Å². The molecule has 17 heavy (non-hydrogen) atoms. The van der Waals surface area contributed by atoms with Crippen molar-refractivity contribution in [2.75, 3.05) is 6.54 Å². The average molecular weight is 250 g/mol. The molecule has 0 spiro atoms. The fourth-order valence-corrected chi connectivity index (χ4v) is 2.49. The molecule has 1 atom stereocenters. The third kappa shape index (κ3) is 3.38. The maximum atomic E-state index is 4.39. The Kier molecular flexibility index (Phi) is 3.91. The van der Waals surface area contributed by atoms with E-state index in [0.29, 0.717) is 6.04 Å². The van der Waals surface area contributed by atoms with Crippen molar-refractivity contribution in [3.63, 3.8) is 0 Å². The van der Waals surface area contributed by atoms with Crippen LogP contribution in [0.15, 0.2) is 18.6 Å². The summed E-state index contributed by atoms with van der Waals surface area (Å²) in [5.41, 5.74) is 1.27. The van der Waals surface area contributed by atoms with Gasteiger partial charge in [-0.2, -0.15) is 5.10 Å². The van der Waals surface area contributed by atoms with E-state index in [1.165, 1.54) is 10.4 Å². The van der Waals surface area contributed by atoms with Gasteiger partial charge in [-0.05, 0) is 32.4 Å². The Morgan fingerprint density at radius 2 is 2.29 bits per heavy atom. The van der Waals surface area contributed by atoms with E-state index in [9.17, 15) is 0 Å². The van der Waals surface area contributed by atoms with Gasteiger partial charge in [0.15, 0.2) is 0 Å². The first-order valence-electron chi connectivity index (χ1n) is 5.78. The summed E-state index contributed by atoms with van der Waals surface area (Å²) in [7, 11) is 1.94. The van der Waals surface area contributed by atoms with Gasteiger partial charge in [0.25, 0.3) is 0 Å². The maximum absolute atomic E-state index is 4.39. The van der Waals surface area contributed by atoms with E-state index in [0.717, 1.165) is 18.0 Å². The highest BCUT2D eigenvalue weighted by Crippen LogP contribution is 2.18.